The van der Waals surface area contributed by atoms with Crippen molar-refractivity contribution in [1.29, 1.82) is 0 Å². The Hall–Kier alpha value is -0.240. The highest BCUT2D eigenvalue weighted by Crippen LogP contribution is 1.94. The number of hydrogen-bond acceptors (Lipinski definition) is 2. The number of aldehydes is 1. The molecule has 0 fully saturated rings. The summed E-state index contributed by atoms with van der Waals surface area (Å²) in [5.41, 5.74) is 0. The van der Waals surface area contributed by atoms with Crippen molar-refractivity contribution < 1.29 is 4.79 Å². The summed E-state index contributed by atoms with van der Waals surface area (Å²) >= 11 is 3.80. The minimum absolute atomic E-state index is 0.516. The number of carbonyl (C=O) groups is 1. The van der Waals surface area contributed by atoms with Crippen LogP contribution in [0.15, 0.2) is 11.0 Å². The van der Waals surface area contributed by atoms with Crippen LogP contribution in [0.1, 0.15) is 13.3 Å². The van der Waals surface area contributed by atoms with E-state index < -0.39 is 0 Å². The summed E-state index contributed by atoms with van der Waals surface area (Å²) in [4.78, 5) is 10.3. The fourth-order valence-electron chi connectivity index (χ4n) is 0.257. The number of allylic oxidation sites excluding steroid dienone is 2. The number of carbonyl (C=O) groups excluding carboxylic acids is 1. The number of hydrogen-bond donors (Lipinski definition) is 1. The first-order chi connectivity index (χ1) is 3.31. The van der Waals surface area contributed by atoms with E-state index in [-0.39, 0.29) is 0 Å². The second-order valence-electron chi connectivity index (χ2n) is 1.16. The molecule has 7 heavy (non-hydrogen) atoms. The van der Waals surface area contributed by atoms with Gasteiger partial charge >= 0.3 is 0 Å². The van der Waals surface area contributed by atoms with Crippen LogP contribution < -0.4 is 0 Å². The summed E-state index contributed by atoms with van der Waals surface area (Å²) in [6.07, 6.45) is 3.36. The molecule has 0 aromatic heterocycles. The van der Waals surface area contributed by atoms with E-state index in [1.165, 1.54) is 0 Å². The van der Waals surface area contributed by atoms with Gasteiger partial charge in [0.15, 0.2) is 6.29 Å². The molecule has 0 aliphatic heterocycles. The highest BCUT2D eigenvalue weighted by Gasteiger charge is 1.77. The molecule has 0 amide bonds. The standard InChI is InChI=1S/C5H8OS/c1-2-3-5(7)4-6/h3-4,7H,2H2,1H3/b5-3-. The molecular weight excluding hydrogens is 108 g/mol. The van der Waals surface area contributed by atoms with Crippen LogP contribution >= 0.6 is 12.6 Å². The normalized spacial score (nSPS) is 11.4. The molecule has 0 N–H and O–H groups in total. The summed E-state index contributed by atoms with van der Waals surface area (Å²) in [6.45, 7) is 1.96. The average molecular weight is 116 g/mol. The summed E-state index contributed by atoms with van der Waals surface area (Å²) < 4.78 is 0. The van der Waals surface area contributed by atoms with E-state index in [4.69, 9.17) is 0 Å². The fourth-order valence-corrected chi connectivity index (χ4v) is 0.440. The lowest BCUT2D eigenvalue weighted by molar-refractivity contribution is -0.104. The minimum atomic E-state index is 0.516. The summed E-state index contributed by atoms with van der Waals surface area (Å²) in [5, 5.41) is 0. The Morgan fingerprint density at radius 2 is 2.43 bits per heavy atom. The van der Waals surface area contributed by atoms with E-state index in [1.807, 2.05) is 6.92 Å². The molecule has 2 heteroatoms. The van der Waals surface area contributed by atoms with Crippen molar-refractivity contribution in [3.8, 4) is 0 Å². The average Bonchev–Trinajstić information content (AvgIpc) is 1.68. The van der Waals surface area contributed by atoms with E-state index in [9.17, 15) is 4.79 Å². The number of thiol groups is 1. The Morgan fingerprint density at radius 3 is 2.57 bits per heavy atom. The molecule has 40 valence electrons. The Kier molecular flexibility index (Phi) is 3.80. The van der Waals surface area contributed by atoms with Gasteiger partial charge in [0.05, 0.1) is 0 Å². The first-order valence-corrected chi connectivity index (χ1v) is 2.60. The van der Waals surface area contributed by atoms with Crippen LogP contribution in [0.4, 0.5) is 0 Å². The van der Waals surface area contributed by atoms with Gasteiger partial charge in [-0.1, -0.05) is 13.0 Å². The van der Waals surface area contributed by atoms with Gasteiger partial charge in [-0.25, -0.2) is 0 Å². The molecule has 0 unspecified atom stereocenters. The molecule has 0 aliphatic carbocycles. The van der Waals surface area contributed by atoms with E-state index in [1.54, 1.807) is 6.08 Å². The zero-order valence-corrected chi connectivity index (χ0v) is 5.11. The lowest BCUT2D eigenvalue weighted by atomic mass is 10.4. The van der Waals surface area contributed by atoms with Gasteiger partial charge in [0, 0.05) is 4.91 Å². The van der Waals surface area contributed by atoms with Crippen molar-refractivity contribution >= 4 is 18.9 Å². The lowest BCUT2D eigenvalue weighted by Gasteiger charge is -1.78. The molecule has 0 radical (unpaired) electrons. The maximum absolute atomic E-state index is 9.75. The second-order valence-corrected chi connectivity index (χ2v) is 1.67. The summed E-state index contributed by atoms with van der Waals surface area (Å²) in [7, 11) is 0. The quantitative estimate of drug-likeness (QED) is 0.328. The van der Waals surface area contributed by atoms with Crippen molar-refractivity contribution in [2.75, 3.05) is 0 Å². The smallest absolute Gasteiger partial charge is 0.155 e. The molecule has 0 spiro atoms. The molecule has 0 bridgehead atoms. The van der Waals surface area contributed by atoms with Crippen molar-refractivity contribution in [2.45, 2.75) is 13.3 Å². The van der Waals surface area contributed by atoms with Crippen LogP contribution in [0.25, 0.3) is 0 Å². The third-order valence-corrected chi connectivity index (χ3v) is 0.822. The van der Waals surface area contributed by atoms with Crippen LogP contribution in [0.2, 0.25) is 0 Å². The molecule has 0 aliphatic rings. The van der Waals surface area contributed by atoms with Gasteiger partial charge in [-0.05, 0) is 6.42 Å². The first-order valence-electron chi connectivity index (χ1n) is 2.15. The second kappa shape index (κ2) is 3.93. The van der Waals surface area contributed by atoms with Crippen LogP contribution in [-0.4, -0.2) is 6.29 Å². The van der Waals surface area contributed by atoms with Gasteiger partial charge in [0.1, 0.15) is 0 Å². The topological polar surface area (TPSA) is 17.1 Å². The van der Waals surface area contributed by atoms with E-state index in [2.05, 4.69) is 12.6 Å². The molecule has 0 aromatic carbocycles. The van der Waals surface area contributed by atoms with Gasteiger partial charge in [0.25, 0.3) is 0 Å². The molecule has 0 atom stereocenters. The van der Waals surface area contributed by atoms with Gasteiger partial charge in [0.2, 0.25) is 0 Å². The van der Waals surface area contributed by atoms with E-state index in [0.29, 0.717) is 4.91 Å². The minimum Gasteiger partial charge on any atom is -0.297 e. The van der Waals surface area contributed by atoms with E-state index >= 15 is 0 Å². The zero-order valence-electron chi connectivity index (χ0n) is 4.22. The summed E-state index contributed by atoms with van der Waals surface area (Å²) in [5.74, 6) is 0. The highest BCUT2D eigenvalue weighted by atomic mass is 32.1. The van der Waals surface area contributed by atoms with Crippen LogP contribution in [0.3, 0.4) is 0 Å². The monoisotopic (exact) mass is 116 g/mol. The summed E-state index contributed by atoms with van der Waals surface area (Å²) in [6, 6.07) is 0. The Balaban J connectivity index is 3.49. The van der Waals surface area contributed by atoms with Gasteiger partial charge in [-0.15, -0.1) is 12.6 Å². The predicted octanol–water partition coefficient (Wildman–Crippen LogP) is 1.41. The largest absolute Gasteiger partial charge is 0.297 e. The molecule has 1 nitrogen and oxygen atoms in total. The molecule has 0 aromatic rings. The van der Waals surface area contributed by atoms with Crippen molar-refractivity contribution in [3.05, 3.63) is 11.0 Å². The maximum atomic E-state index is 9.75. The Bertz CT molecular complexity index is 86.1. The van der Waals surface area contributed by atoms with Gasteiger partial charge in [-0.3, -0.25) is 4.79 Å². The first kappa shape index (κ1) is 6.76. The van der Waals surface area contributed by atoms with E-state index in [0.717, 1.165) is 12.7 Å². The Labute approximate surface area is 48.8 Å². The Morgan fingerprint density at radius 1 is 1.86 bits per heavy atom. The fraction of sp³-hybridized carbons (Fsp3) is 0.400. The van der Waals surface area contributed by atoms with Crippen LogP contribution in [0.5, 0.6) is 0 Å². The zero-order chi connectivity index (χ0) is 5.70. The van der Waals surface area contributed by atoms with Crippen molar-refractivity contribution in [2.24, 2.45) is 0 Å². The molecular formula is C5H8OS. The van der Waals surface area contributed by atoms with Gasteiger partial charge < -0.3 is 0 Å². The van der Waals surface area contributed by atoms with Crippen molar-refractivity contribution in [3.63, 3.8) is 0 Å². The van der Waals surface area contributed by atoms with Crippen LogP contribution in [-0.2, 0) is 4.79 Å². The van der Waals surface area contributed by atoms with Crippen molar-refractivity contribution in [1.82, 2.24) is 0 Å². The van der Waals surface area contributed by atoms with Crippen LogP contribution in [0, 0.1) is 0 Å². The maximum Gasteiger partial charge on any atom is 0.155 e. The number of rotatable bonds is 2. The third kappa shape index (κ3) is 3.59. The third-order valence-electron chi connectivity index (χ3n) is 0.534. The molecule has 0 rings (SSSR count). The lowest BCUT2D eigenvalue weighted by Crippen LogP contribution is -1.68. The molecule has 0 heterocycles. The highest BCUT2D eigenvalue weighted by molar-refractivity contribution is 7.85. The predicted molar refractivity (Wildman–Crippen MR) is 33.4 cm³/mol. The molecule has 0 saturated carbocycles. The van der Waals surface area contributed by atoms with Gasteiger partial charge in [-0.2, -0.15) is 0 Å². The molecule has 0 saturated heterocycles. The SMILES string of the molecule is CC/C=C(\S)C=O.